The Balaban J connectivity index is 1.28. The molecule has 3 aliphatic rings. The number of sulfone groups is 1. The Morgan fingerprint density at radius 1 is 1.02 bits per heavy atom. The molecule has 8 nitrogen and oxygen atoms in total. The van der Waals surface area contributed by atoms with Crippen LogP contribution in [0.25, 0.3) is 0 Å². The van der Waals surface area contributed by atoms with Crippen LogP contribution in [0.3, 0.4) is 0 Å². The number of carbonyl (C=O) groups is 1. The predicted octanol–water partition coefficient (Wildman–Crippen LogP) is 7.65. The number of anilines is 1. The monoisotopic (exact) mass is 866 g/mol. The molecule has 6 atom stereocenters. The van der Waals surface area contributed by atoms with E-state index in [1.807, 2.05) is 54.6 Å². The smallest absolute Gasteiger partial charge is 0.261 e. The van der Waals surface area contributed by atoms with Gasteiger partial charge in [-0.25, -0.2) is 8.42 Å². The first-order valence-corrected chi connectivity index (χ1v) is 25.1. The molecule has 7 rings (SSSR count). The molecular formula is C49H59ClN2O6SSi. The first-order valence-electron chi connectivity index (χ1n) is 21.1. The summed E-state index contributed by atoms with van der Waals surface area (Å²) in [6.07, 6.45) is 5.88. The lowest BCUT2D eigenvalue weighted by atomic mass is 9.68. The van der Waals surface area contributed by atoms with Crippen LogP contribution in [0.5, 0.6) is 5.75 Å². The Bertz CT molecular complexity index is 2260. The number of benzene rings is 4. The molecule has 4 aromatic rings. The quantitative estimate of drug-likeness (QED) is 0.0932. The minimum Gasteiger partial charge on any atom is -0.490 e. The molecule has 1 fully saturated rings. The highest BCUT2D eigenvalue weighted by Crippen LogP contribution is 2.49. The lowest BCUT2D eigenvalue weighted by molar-refractivity contribution is 0.0460. The number of ether oxygens (including phenoxy) is 1. The maximum Gasteiger partial charge on any atom is 0.261 e. The van der Waals surface area contributed by atoms with Gasteiger partial charge < -0.3 is 24.9 Å². The highest BCUT2D eigenvalue weighted by atomic mass is 35.5. The van der Waals surface area contributed by atoms with E-state index in [1.54, 1.807) is 30.4 Å². The van der Waals surface area contributed by atoms with Crippen LogP contribution < -0.4 is 25.7 Å². The molecule has 2 unspecified atom stereocenters. The zero-order valence-corrected chi connectivity index (χ0v) is 37.6. The van der Waals surface area contributed by atoms with Crippen molar-refractivity contribution in [1.29, 1.82) is 0 Å². The summed E-state index contributed by atoms with van der Waals surface area (Å²) in [5, 5.41) is 12.6. The van der Waals surface area contributed by atoms with Crippen molar-refractivity contribution in [3.63, 3.8) is 0 Å². The summed E-state index contributed by atoms with van der Waals surface area (Å²) in [6, 6.07) is 31.7. The molecule has 2 aliphatic carbocycles. The Morgan fingerprint density at radius 2 is 1.70 bits per heavy atom. The standard InChI is InChI=1S/C49H59ClN2O6SSi/c1-6-14-34(30-58-60(48(3,4)5,39-15-10-8-11-16-39)40-17-12-9-13-18-40)31-59(55,56)46-26-21-35-27-38(50)22-24-42(35)49(46)32-52(29-37-19-23-41(37)44(53)7-2)43-28-36(47(51)54)20-25-45(43)57-33-49/h6-13,15-18,20,22,24-25,27-28,34,37,41,44,46,53H,1-2,14,19,21,23,26,29-33H2,3-5H3,(H2,51,54)/t34-,37+,41-,44-,46?,49?/m1/s1. The number of hydrogen-bond acceptors (Lipinski definition) is 7. The van der Waals surface area contributed by atoms with Crippen LogP contribution in [-0.4, -0.2) is 71.2 Å². The number of primary amides is 1. The zero-order chi connectivity index (χ0) is 42.9. The fourth-order valence-corrected chi connectivity index (χ4v) is 17.7. The van der Waals surface area contributed by atoms with Gasteiger partial charge in [-0.2, -0.15) is 0 Å². The van der Waals surface area contributed by atoms with Gasteiger partial charge in [0.2, 0.25) is 5.91 Å². The van der Waals surface area contributed by atoms with Gasteiger partial charge in [0.15, 0.2) is 9.84 Å². The highest BCUT2D eigenvalue weighted by molar-refractivity contribution is 7.92. The largest absolute Gasteiger partial charge is 0.490 e. The van der Waals surface area contributed by atoms with Crippen molar-refractivity contribution in [2.45, 2.75) is 74.7 Å². The second kappa shape index (κ2) is 17.7. The molecule has 4 aromatic carbocycles. The third-order valence-corrected chi connectivity index (χ3v) is 21.1. The Morgan fingerprint density at radius 3 is 2.28 bits per heavy atom. The summed E-state index contributed by atoms with van der Waals surface area (Å²) >= 11 is 6.61. The van der Waals surface area contributed by atoms with Gasteiger partial charge in [-0.1, -0.05) is 111 Å². The predicted molar refractivity (Wildman–Crippen MR) is 246 cm³/mol. The molecule has 3 N–H and O–H groups in total. The van der Waals surface area contributed by atoms with Crippen LogP contribution in [0, 0.1) is 17.8 Å². The molecule has 1 spiro atoms. The Hall–Kier alpha value is -4.19. The summed E-state index contributed by atoms with van der Waals surface area (Å²) in [6.45, 7) is 15.7. The second-order valence-electron chi connectivity index (χ2n) is 18.1. The van der Waals surface area contributed by atoms with Gasteiger partial charge in [-0.15, -0.1) is 13.2 Å². The van der Waals surface area contributed by atoms with Crippen LogP contribution in [0.1, 0.15) is 67.9 Å². The van der Waals surface area contributed by atoms with Crippen molar-refractivity contribution < 1.29 is 27.5 Å². The van der Waals surface area contributed by atoms with Crippen molar-refractivity contribution >= 4 is 51.7 Å². The van der Waals surface area contributed by atoms with E-state index in [-0.39, 0.29) is 41.8 Å². The number of nitrogens with zero attached hydrogens (tertiary/aromatic N) is 1. The molecule has 318 valence electrons. The van der Waals surface area contributed by atoms with Crippen molar-refractivity contribution in [3.05, 3.63) is 144 Å². The van der Waals surface area contributed by atoms with E-state index in [9.17, 15) is 9.90 Å². The number of allylic oxidation sites excluding steroid dienone is 1. The third kappa shape index (κ3) is 8.38. The number of amides is 1. The van der Waals surface area contributed by atoms with Crippen LogP contribution in [0.4, 0.5) is 5.69 Å². The average Bonchev–Trinajstić information content (AvgIpc) is 3.36. The molecule has 1 saturated carbocycles. The van der Waals surface area contributed by atoms with Crippen molar-refractivity contribution in [2.75, 3.05) is 37.0 Å². The Kier molecular flexibility index (Phi) is 12.9. The molecular weight excluding hydrogens is 808 g/mol. The van der Waals surface area contributed by atoms with E-state index >= 15 is 8.42 Å². The van der Waals surface area contributed by atoms with Crippen LogP contribution in [0.2, 0.25) is 10.1 Å². The van der Waals surface area contributed by atoms with Gasteiger partial charge >= 0.3 is 0 Å². The van der Waals surface area contributed by atoms with E-state index in [0.29, 0.717) is 54.4 Å². The first kappa shape index (κ1) is 43.9. The number of aryl methyl sites for hydroxylation is 1. The highest BCUT2D eigenvalue weighted by Gasteiger charge is 2.55. The van der Waals surface area contributed by atoms with Crippen LogP contribution in [0.15, 0.2) is 122 Å². The normalized spacial score (nSPS) is 22.6. The van der Waals surface area contributed by atoms with Crippen LogP contribution in [-0.2, 0) is 26.1 Å². The van der Waals surface area contributed by atoms with Gasteiger partial charge in [0, 0.05) is 30.3 Å². The molecule has 1 aliphatic heterocycles. The lowest BCUT2D eigenvalue weighted by Gasteiger charge is -2.48. The van der Waals surface area contributed by atoms with Crippen molar-refractivity contribution in [2.24, 2.45) is 23.5 Å². The lowest BCUT2D eigenvalue weighted by Crippen LogP contribution is -2.67. The van der Waals surface area contributed by atoms with E-state index in [1.165, 1.54) is 0 Å². The minimum atomic E-state index is -3.87. The molecule has 1 heterocycles. The minimum absolute atomic E-state index is 0.0116. The first-order chi connectivity index (χ1) is 28.6. The molecule has 11 heteroatoms. The number of nitrogens with two attached hydrogens (primary N) is 1. The fraction of sp³-hybridized carbons (Fsp3) is 0.408. The second-order valence-corrected chi connectivity index (χ2v) is 25.1. The number of rotatable bonds is 15. The summed E-state index contributed by atoms with van der Waals surface area (Å²) in [4.78, 5) is 14.7. The number of carbonyl (C=O) groups excluding carboxylic acids is 1. The molecule has 0 aromatic heterocycles. The summed E-state index contributed by atoms with van der Waals surface area (Å²) < 4.78 is 45.1. The van der Waals surface area contributed by atoms with Crippen molar-refractivity contribution in [1.82, 2.24) is 0 Å². The molecule has 0 saturated heterocycles. The third-order valence-electron chi connectivity index (χ3n) is 13.4. The SMILES string of the molecule is C=CC[C@H](CO[Si](c1ccccc1)(c1ccccc1)C(C)(C)C)CS(=O)(=O)C1CCc2cc(Cl)ccc2C12COc1ccc(C(N)=O)cc1N(C[C@@H]1CC[C@H]1[C@H](O)C=C)C2. The summed E-state index contributed by atoms with van der Waals surface area (Å²) in [5.41, 5.74) is 7.71. The topological polar surface area (TPSA) is 119 Å². The molecule has 0 radical (unpaired) electrons. The average molecular weight is 868 g/mol. The maximum absolute atomic E-state index is 15.5. The van der Waals surface area contributed by atoms with Gasteiger partial charge in [0.25, 0.3) is 8.32 Å². The van der Waals surface area contributed by atoms with Gasteiger partial charge in [-0.05, 0) is 107 Å². The van der Waals surface area contributed by atoms with Crippen molar-refractivity contribution in [3.8, 4) is 5.75 Å². The van der Waals surface area contributed by atoms with E-state index < -0.39 is 40.8 Å². The van der Waals surface area contributed by atoms with Crippen LogP contribution >= 0.6 is 11.6 Å². The summed E-state index contributed by atoms with van der Waals surface area (Å²) in [7, 11) is -6.84. The Labute approximate surface area is 362 Å². The van der Waals surface area contributed by atoms with E-state index in [4.69, 9.17) is 26.5 Å². The fourth-order valence-electron chi connectivity index (χ4n) is 10.4. The zero-order valence-electron chi connectivity index (χ0n) is 35.1. The van der Waals surface area contributed by atoms with Gasteiger partial charge in [-0.3, -0.25) is 4.79 Å². The summed E-state index contributed by atoms with van der Waals surface area (Å²) in [5.74, 6) is -0.354. The van der Waals surface area contributed by atoms with Gasteiger partial charge in [0.1, 0.15) is 12.4 Å². The molecule has 1 amide bonds. The number of aliphatic hydroxyl groups excluding tert-OH is 1. The molecule has 60 heavy (non-hydrogen) atoms. The van der Waals surface area contributed by atoms with E-state index in [2.05, 4.69) is 63.1 Å². The number of hydrogen-bond donors (Lipinski definition) is 2. The molecule has 0 bridgehead atoms. The number of fused-ring (bicyclic) bond motifs is 3. The number of halogens is 1. The number of aliphatic hydroxyl groups is 1. The van der Waals surface area contributed by atoms with Gasteiger partial charge in [0.05, 0.1) is 28.2 Å². The van der Waals surface area contributed by atoms with E-state index in [0.717, 1.165) is 34.3 Å². The maximum atomic E-state index is 15.5.